The summed E-state index contributed by atoms with van der Waals surface area (Å²) in [4.78, 5) is 13.0. The van der Waals surface area contributed by atoms with E-state index in [1.54, 1.807) is 31.3 Å². The maximum atomic E-state index is 12.5. The van der Waals surface area contributed by atoms with Gasteiger partial charge in [-0.2, -0.15) is 0 Å². The highest BCUT2D eigenvalue weighted by molar-refractivity contribution is 7.91. The fourth-order valence-electron chi connectivity index (χ4n) is 4.79. The van der Waals surface area contributed by atoms with Crippen molar-refractivity contribution in [3.63, 3.8) is 0 Å². The summed E-state index contributed by atoms with van der Waals surface area (Å²) in [7, 11) is -3.32. The van der Waals surface area contributed by atoms with E-state index in [4.69, 9.17) is 9.72 Å². The zero-order chi connectivity index (χ0) is 23.9. The smallest absolute Gasteiger partial charge is 0.238 e. The van der Waals surface area contributed by atoms with Crippen molar-refractivity contribution in [1.82, 2.24) is 20.3 Å². The van der Waals surface area contributed by atoms with Crippen LogP contribution >= 0.6 is 0 Å². The summed E-state index contributed by atoms with van der Waals surface area (Å²) in [5, 5.41) is 5.31. The molecule has 0 aliphatic carbocycles. The lowest BCUT2D eigenvalue weighted by Crippen LogP contribution is -2.35. The highest BCUT2D eigenvalue weighted by Crippen LogP contribution is 2.39. The first-order chi connectivity index (χ1) is 16.4. The van der Waals surface area contributed by atoms with Gasteiger partial charge < -0.3 is 15.0 Å². The molecule has 178 valence electrons. The predicted molar refractivity (Wildman–Crippen MR) is 135 cm³/mol. The largest absolute Gasteiger partial charge is 0.473 e. The molecule has 8 heteroatoms. The first-order valence-corrected chi connectivity index (χ1v) is 13.5. The van der Waals surface area contributed by atoms with E-state index >= 15 is 0 Å². The number of hydrogen-bond donors (Lipinski definition) is 2. The lowest BCUT2D eigenvalue weighted by atomic mass is 9.93. The number of pyridine rings is 2. The molecule has 5 rings (SSSR count). The molecule has 3 aromatic heterocycles. The van der Waals surface area contributed by atoms with E-state index in [9.17, 15) is 8.42 Å². The molecular weight excluding hydrogens is 448 g/mol. The van der Waals surface area contributed by atoms with Gasteiger partial charge in [-0.25, -0.2) is 18.4 Å². The number of ether oxygens (including phenoxy) is 1. The second-order valence-corrected chi connectivity index (χ2v) is 11.4. The average Bonchev–Trinajstić information content (AvgIpc) is 3.24. The van der Waals surface area contributed by atoms with E-state index in [1.165, 1.54) is 0 Å². The fourth-order valence-corrected chi connectivity index (χ4v) is 5.71. The Morgan fingerprint density at radius 3 is 2.71 bits per heavy atom. The third-order valence-corrected chi connectivity index (χ3v) is 8.54. The Labute approximate surface area is 199 Å². The van der Waals surface area contributed by atoms with Gasteiger partial charge in [-0.3, -0.25) is 0 Å². The van der Waals surface area contributed by atoms with Crippen LogP contribution in [0.1, 0.15) is 32.3 Å². The standard InChI is InChI=1S/C26H30N4O3S/c1-4-34(31,32)20-7-5-6-19(13-20)22-15-29-26(33-17(3)18-8-10-27-11-9-18)24-23(22)21-12-16(2)14-28-25(21)30-24/h5-7,12-15,17-18,27H,4,8-11H2,1-3H3,(H,28,30). The van der Waals surface area contributed by atoms with Crippen molar-refractivity contribution in [3.8, 4) is 17.0 Å². The maximum Gasteiger partial charge on any atom is 0.238 e. The van der Waals surface area contributed by atoms with Gasteiger partial charge in [-0.15, -0.1) is 0 Å². The molecule has 0 amide bonds. The van der Waals surface area contributed by atoms with Crippen LogP contribution in [0.25, 0.3) is 33.1 Å². The summed E-state index contributed by atoms with van der Waals surface area (Å²) in [5.74, 6) is 1.08. The Morgan fingerprint density at radius 1 is 1.15 bits per heavy atom. The zero-order valence-electron chi connectivity index (χ0n) is 19.8. The van der Waals surface area contributed by atoms with E-state index in [-0.39, 0.29) is 11.9 Å². The summed E-state index contributed by atoms with van der Waals surface area (Å²) in [6, 6.07) is 9.18. The summed E-state index contributed by atoms with van der Waals surface area (Å²) >= 11 is 0. The van der Waals surface area contributed by atoms with Crippen molar-refractivity contribution in [3.05, 3.63) is 48.3 Å². The molecule has 0 radical (unpaired) electrons. The normalized spacial score (nSPS) is 16.2. The van der Waals surface area contributed by atoms with Crippen LogP contribution in [0.3, 0.4) is 0 Å². The van der Waals surface area contributed by atoms with Gasteiger partial charge in [-0.05, 0) is 75.0 Å². The van der Waals surface area contributed by atoms with Gasteiger partial charge in [0.25, 0.3) is 0 Å². The molecule has 1 aromatic carbocycles. The first kappa shape index (κ1) is 22.8. The Hall–Kier alpha value is -2.97. The first-order valence-electron chi connectivity index (χ1n) is 11.8. The summed E-state index contributed by atoms with van der Waals surface area (Å²) in [6.45, 7) is 7.80. The van der Waals surface area contributed by atoms with E-state index < -0.39 is 9.84 Å². The Kier molecular flexibility index (Phi) is 6.04. The molecule has 4 aromatic rings. The average molecular weight is 479 g/mol. The van der Waals surface area contributed by atoms with E-state index in [0.717, 1.165) is 64.6 Å². The summed E-state index contributed by atoms with van der Waals surface area (Å²) in [6.07, 6.45) is 5.81. The van der Waals surface area contributed by atoms with Crippen LogP contribution in [-0.2, 0) is 9.84 Å². The Morgan fingerprint density at radius 2 is 1.94 bits per heavy atom. The van der Waals surface area contributed by atoms with Crippen LogP contribution in [0.15, 0.2) is 47.6 Å². The summed E-state index contributed by atoms with van der Waals surface area (Å²) < 4.78 is 31.5. The molecule has 0 spiro atoms. The van der Waals surface area contributed by atoms with Crippen LogP contribution in [0.4, 0.5) is 0 Å². The second-order valence-electron chi connectivity index (χ2n) is 9.10. The number of rotatable bonds is 6. The number of aromatic amines is 1. The van der Waals surface area contributed by atoms with Crippen molar-refractivity contribution < 1.29 is 13.2 Å². The topological polar surface area (TPSA) is 97.0 Å². The van der Waals surface area contributed by atoms with Gasteiger partial charge in [0.05, 0.1) is 10.6 Å². The number of aryl methyl sites for hydroxylation is 1. The number of aromatic nitrogens is 3. The van der Waals surface area contributed by atoms with Gasteiger partial charge in [0.2, 0.25) is 5.88 Å². The molecule has 0 bridgehead atoms. The van der Waals surface area contributed by atoms with Gasteiger partial charge in [-0.1, -0.05) is 19.1 Å². The Balaban J connectivity index is 1.67. The number of hydrogen-bond acceptors (Lipinski definition) is 6. The minimum absolute atomic E-state index is 0.0304. The van der Waals surface area contributed by atoms with Crippen molar-refractivity contribution in [2.45, 2.75) is 44.6 Å². The van der Waals surface area contributed by atoms with Crippen LogP contribution in [0, 0.1) is 12.8 Å². The van der Waals surface area contributed by atoms with Crippen LogP contribution < -0.4 is 10.1 Å². The summed E-state index contributed by atoms with van der Waals surface area (Å²) in [5.41, 5.74) is 4.24. The minimum atomic E-state index is -3.32. The maximum absolute atomic E-state index is 12.5. The number of H-pyrrole nitrogens is 1. The molecule has 1 atom stereocenters. The second kappa shape index (κ2) is 9.00. The SMILES string of the molecule is CCS(=O)(=O)c1cccc(-c2cnc(OC(C)C3CCNCC3)c3[nH]c4ncc(C)cc4c23)c1. The van der Waals surface area contributed by atoms with Crippen LogP contribution in [-0.4, -0.2) is 48.3 Å². The molecular formula is C26H30N4O3S. The van der Waals surface area contributed by atoms with Crippen LogP contribution in [0.5, 0.6) is 5.88 Å². The van der Waals surface area contributed by atoms with E-state index in [2.05, 4.69) is 28.3 Å². The highest BCUT2D eigenvalue weighted by atomic mass is 32.2. The molecule has 4 heterocycles. The van der Waals surface area contributed by atoms with Gasteiger partial charge in [0.15, 0.2) is 9.84 Å². The minimum Gasteiger partial charge on any atom is -0.473 e. The van der Waals surface area contributed by atoms with Crippen molar-refractivity contribution >= 4 is 31.8 Å². The third kappa shape index (κ3) is 4.16. The Bertz CT molecular complexity index is 1460. The molecule has 34 heavy (non-hydrogen) atoms. The predicted octanol–water partition coefficient (Wildman–Crippen LogP) is 4.65. The van der Waals surface area contributed by atoms with E-state index in [0.29, 0.717) is 16.7 Å². The molecule has 1 aliphatic rings. The van der Waals surface area contributed by atoms with Gasteiger partial charge >= 0.3 is 0 Å². The monoisotopic (exact) mass is 478 g/mol. The number of fused-ring (bicyclic) bond motifs is 3. The van der Waals surface area contributed by atoms with E-state index in [1.807, 2.05) is 19.2 Å². The lowest BCUT2D eigenvalue weighted by Gasteiger charge is -2.28. The fraction of sp³-hybridized carbons (Fsp3) is 0.385. The zero-order valence-corrected chi connectivity index (χ0v) is 20.6. The molecule has 1 unspecified atom stereocenters. The molecule has 1 fully saturated rings. The molecule has 7 nitrogen and oxygen atoms in total. The molecule has 2 N–H and O–H groups in total. The highest BCUT2D eigenvalue weighted by Gasteiger charge is 2.24. The van der Waals surface area contributed by atoms with Crippen LogP contribution in [0.2, 0.25) is 0 Å². The number of nitrogens with zero attached hydrogens (tertiary/aromatic N) is 2. The lowest BCUT2D eigenvalue weighted by molar-refractivity contribution is 0.124. The number of sulfone groups is 1. The molecule has 1 aliphatic heterocycles. The molecule has 1 saturated heterocycles. The van der Waals surface area contributed by atoms with Gasteiger partial charge in [0, 0.05) is 28.7 Å². The quantitative estimate of drug-likeness (QED) is 0.419. The van der Waals surface area contributed by atoms with Gasteiger partial charge in [0.1, 0.15) is 17.3 Å². The van der Waals surface area contributed by atoms with Crippen molar-refractivity contribution in [1.29, 1.82) is 0 Å². The third-order valence-electron chi connectivity index (χ3n) is 6.81. The number of benzene rings is 1. The van der Waals surface area contributed by atoms with Crippen molar-refractivity contribution in [2.24, 2.45) is 5.92 Å². The molecule has 0 saturated carbocycles. The van der Waals surface area contributed by atoms with Crippen molar-refractivity contribution in [2.75, 3.05) is 18.8 Å². The number of piperidine rings is 1. The number of nitrogens with one attached hydrogen (secondary N) is 2.